The van der Waals surface area contributed by atoms with Gasteiger partial charge >= 0.3 is 0 Å². The number of likely N-dealkylation sites (tertiary alicyclic amines) is 1. The molecular formula is C22H27N3O6S2. The number of sulfonamides is 1. The molecule has 2 amide bonds. The second-order valence-corrected chi connectivity index (χ2v) is 10.6. The summed E-state index contributed by atoms with van der Waals surface area (Å²) in [5, 5.41) is 4.63. The Morgan fingerprint density at radius 1 is 1.21 bits per heavy atom. The summed E-state index contributed by atoms with van der Waals surface area (Å²) in [4.78, 5) is 28.0. The summed E-state index contributed by atoms with van der Waals surface area (Å²) < 4.78 is 38.7. The maximum atomic E-state index is 13.3. The van der Waals surface area contributed by atoms with Crippen LogP contribution in [0.1, 0.15) is 29.4 Å². The predicted octanol–water partition coefficient (Wildman–Crippen LogP) is 2.41. The first-order chi connectivity index (χ1) is 15.9. The second kappa shape index (κ2) is 10.2. The number of carbonyl (C=O) groups excluding carboxylic acids is 2. The number of benzene rings is 1. The van der Waals surface area contributed by atoms with Gasteiger partial charge in [-0.3, -0.25) is 9.59 Å². The Kier molecular flexibility index (Phi) is 7.32. The zero-order valence-corrected chi connectivity index (χ0v) is 20.0. The molecule has 0 unspecified atom stereocenters. The highest BCUT2D eigenvalue weighted by molar-refractivity contribution is 7.89. The van der Waals surface area contributed by atoms with Gasteiger partial charge in [0.05, 0.1) is 24.7 Å². The van der Waals surface area contributed by atoms with Crippen LogP contribution in [0.25, 0.3) is 0 Å². The second-order valence-electron chi connectivity index (χ2n) is 7.73. The third-order valence-electron chi connectivity index (χ3n) is 5.65. The molecule has 178 valence electrons. The Bertz CT molecular complexity index is 1100. The van der Waals surface area contributed by atoms with Crippen molar-refractivity contribution in [2.24, 2.45) is 0 Å². The quantitative estimate of drug-likeness (QED) is 0.635. The van der Waals surface area contributed by atoms with Gasteiger partial charge in [-0.15, -0.1) is 11.3 Å². The van der Waals surface area contributed by atoms with Crippen molar-refractivity contribution in [3.05, 3.63) is 40.6 Å². The molecule has 4 rings (SSSR count). The van der Waals surface area contributed by atoms with E-state index in [2.05, 4.69) is 5.32 Å². The van der Waals surface area contributed by atoms with Crippen LogP contribution in [0.2, 0.25) is 0 Å². The summed E-state index contributed by atoms with van der Waals surface area (Å²) in [7, 11) is -3.83. The third kappa shape index (κ3) is 5.06. The van der Waals surface area contributed by atoms with Gasteiger partial charge in [-0.1, -0.05) is 6.07 Å². The summed E-state index contributed by atoms with van der Waals surface area (Å²) in [5.74, 6) is -0.265. The van der Waals surface area contributed by atoms with Crippen molar-refractivity contribution in [2.75, 3.05) is 44.8 Å². The molecule has 0 radical (unpaired) electrons. The number of carbonyl (C=O) groups is 2. The Balaban J connectivity index is 1.56. The molecule has 1 aromatic heterocycles. The summed E-state index contributed by atoms with van der Waals surface area (Å²) in [5.41, 5.74) is 0.339. The zero-order chi connectivity index (χ0) is 23.4. The highest BCUT2D eigenvalue weighted by Gasteiger charge is 2.35. The van der Waals surface area contributed by atoms with E-state index in [4.69, 9.17) is 9.47 Å². The maximum absolute atomic E-state index is 13.3. The van der Waals surface area contributed by atoms with Crippen LogP contribution in [-0.4, -0.2) is 74.9 Å². The van der Waals surface area contributed by atoms with Crippen LogP contribution < -0.4 is 10.1 Å². The van der Waals surface area contributed by atoms with Crippen molar-refractivity contribution < 1.29 is 27.5 Å². The Morgan fingerprint density at radius 3 is 2.70 bits per heavy atom. The van der Waals surface area contributed by atoms with Crippen molar-refractivity contribution in [3.8, 4) is 5.75 Å². The van der Waals surface area contributed by atoms with Gasteiger partial charge in [-0.2, -0.15) is 4.31 Å². The van der Waals surface area contributed by atoms with Crippen molar-refractivity contribution in [2.45, 2.75) is 30.7 Å². The molecule has 2 aliphatic heterocycles. The average Bonchev–Trinajstić information content (AvgIpc) is 3.53. The lowest BCUT2D eigenvalue weighted by molar-refractivity contribution is -0.119. The first kappa shape index (κ1) is 23.7. The van der Waals surface area contributed by atoms with Crippen LogP contribution in [0.15, 0.2) is 40.6 Å². The minimum Gasteiger partial charge on any atom is -0.492 e. The van der Waals surface area contributed by atoms with E-state index in [1.54, 1.807) is 36.1 Å². The standard InChI is InChI=1S/C22H27N3O6S2/c1-2-31-18-8-7-16(15-20(18)33(28,29)24-10-12-30-13-11-24)23-21(26)17-5-3-9-25(17)22(27)19-6-4-14-32-19/h4,6-8,14-15,17H,2-3,5,9-13H2,1H3,(H,23,26)/t17-/m0/s1. The average molecular weight is 494 g/mol. The van der Waals surface area contributed by atoms with Crippen LogP contribution >= 0.6 is 11.3 Å². The first-order valence-corrected chi connectivity index (χ1v) is 13.2. The third-order valence-corrected chi connectivity index (χ3v) is 8.42. The monoisotopic (exact) mass is 493 g/mol. The number of anilines is 1. The maximum Gasteiger partial charge on any atom is 0.264 e. The van der Waals surface area contributed by atoms with E-state index < -0.39 is 16.1 Å². The molecule has 2 aliphatic rings. The highest BCUT2D eigenvalue weighted by atomic mass is 32.2. The van der Waals surface area contributed by atoms with E-state index in [1.165, 1.54) is 21.7 Å². The minimum atomic E-state index is -3.83. The van der Waals surface area contributed by atoms with E-state index in [0.29, 0.717) is 43.4 Å². The molecule has 2 saturated heterocycles. The van der Waals surface area contributed by atoms with Crippen LogP contribution in [-0.2, 0) is 19.6 Å². The molecule has 9 nitrogen and oxygen atoms in total. The normalized spacial score (nSPS) is 19.4. The molecule has 33 heavy (non-hydrogen) atoms. The molecule has 0 saturated carbocycles. The summed E-state index contributed by atoms with van der Waals surface area (Å²) in [6.07, 6.45) is 1.29. The fourth-order valence-electron chi connectivity index (χ4n) is 4.04. The summed E-state index contributed by atoms with van der Waals surface area (Å²) in [6, 6.07) is 7.53. The van der Waals surface area contributed by atoms with Gasteiger partial charge < -0.3 is 19.7 Å². The highest BCUT2D eigenvalue weighted by Crippen LogP contribution is 2.31. The van der Waals surface area contributed by atoms with Crippen molar-refractivity contribution in [3.63, 3.8) is 0 Å². The minimum absolute atomic E-state index is 0.00184. The Morgan fingerprint density at radius 2 is 2.00 bits per heavy atom. The fourth-order valence-corrected chi connectivity index (χ4v) is 6.28. The molecule has 3 heterocycles. The molecule has 11 heteroatoms. The number of amides is 2. The van der Waals surface area contributed by atoms with Crippen LogP contribution in [0.4, 0.5) is 5.69 Å². The summed E-state index contributed by atoms with van der Waals surface area (Å²) in [6.45, 7) is 3.76. The molecule has 2 fully saturated rings. The molecule has 2 aromatic rings. The largest absolute Gasteiger partial charge is 0.492 e. The molecular weight excluding hydrogens is 466 g/mol. The Hall–Kier alpha value is -2.47. The van der Waals surface area contributed by atoms with Gasteiger partial charge in [0.1, 0.15) is 16.7 Å². The van der Waals surface area contributed by atoms with E-state index in [9.17, 15) is 18.0 Å². The lowest BCUT2D eigenvalue weighted by Gasteiger charge is -2.27. The van der Waals surface area contributed by atoms with Crippen molar-refractivity contribution in [1.82, 2.24) is 9.21 Å². The molecule has 0 spiro atoms. The number of hydrogen-bond donors (Lipinski definition) is 1. The molecule has 1 aromatic carbocycles. The number of rotatable bonds is 7. The van der Waals surface area contributed by atoms with E-state index in [1.807, 2.05) is 5.38 Å². The number of nitrogens with zero attached hydrogens (tertiary/aromatic N) is 2. The number of morpholine rings is 1. The van der Waals surface area contributed by atoms with E-state index in [-0.39, 0.29) is 35.5 Å². The number of thiophene rings is 1. The number of nitrogens with one attached hydrogen (secondary N) is 1. The van der Waals surface area contributed by atoms with Crippen LogP contribution in [0.5, 0.6) is 5.75 Å². The van der Waals surface area contributed by atoms with Gasteiger partial charge in [0.15, 0.2) is 0 Å². The SMILES string of the molecule is CCOc1ccc(NC(=O)[C@@H]2CCCN2C(=O)c2cccs2)cc1S(=O)(=O)N1CCOCC1. The number of hydrogen-bond acceptors (Lipinski definition) is 7. The van der Waals surface area contributed by atoms with Gasteiger partial charge in [0.25, 0.3) is 5.91 Å². The van der Waals surface area contributed by atoms with Crippen molar-refractivity contribution >= 4 is 38.9 Å². The molecule has 0 aliphatic carbocycles. The molecule has 0 bridgehead atoms. The van der Waals surface area contributed by atoms with Gasteiger partial charge in [-0.05, 0) is 49.4 Å². The lowest BCUT2D eigenvalue weighted by Crippen LogP contribution is -2.43. The van der Waals surface area contributed by atoms with E-state index in [0.717, 1.165) is 6.42 Å². The van der Waals surface area contributed by atoms with E-state index >= 15 is 0 Å². The lowest BCUT2D eigenvalue weighted by atomic mass is 10.2. The molecule has 1 atom stereocenters. The topological polar surface area (TPSA) is 105 Å². The zero-order valence-electron chi connectivity index (χ0n) is 18.4. The Labute approximate surface area is 197 Å². The number of ether oxygens (including phenoxy) is 2. The van der Waals surface area contributed by atoms with Crippen LogP contribution in [0.3, 0.4) is 0 Å². The smallest absolute Gasteiger partial charge is 0.264 e. The fraction of sp³-hybridized carbons (Fsp3) is 0.455. The van der Waals surface area contributed by atoms with Gasteiger partial charge in [0, 0.05) is 25.3 Å². The van der Waals surface area contributed by atoms with Gasteiger partial charge in [-0.25, -0.2) is 8.42 Å². The predicted molar refractivity (Wildman–Crippen MR) is 124 cm³/mol. The van der Waals surface area contributed by atoms with Gasteiger partial charge in [0.2, 0.25) is 15.9 Å². The first-order valence-electron chi connectivity index (χ1n) is 10.9. The summed E-state index contributed by atoms with van der Waals surface area (Å²) >= 11 is 1.34. The molecule has 1 N–H and O–H groups in total. The van der Waals surface area contributed by atoms with Crippen molar-refractivity contribution in [1.29, 1.82) is 0 Å². The van der Waals surface area contributed by atoms with Crippen LogP contribution in [0, 0.1) is 0 Å².